The van der Waals surface area contributed by atoms with Crippen molar-refractivity contribution < 1.29 is 14.3 Å². The second-order valence-electron chi connectivity index (χ2n) is 5.05. The lowest BCUT2D eigenvalue weighted by atomic mass is 10.1. The van der Waals surface area contributed by atoms with Crippen LogP contribution in [0.1, 0.15) is 31.0 Å². The monoisotopic (exact) mass is 306 g/mol. The molecular weight excluding hydrogens is 284 g/mol. The van der Waals surface area contributed by atoms with Gasteiger partial charge < -0.3 is 20.5 Å². The van der Waals surface area contributed by atoms with Crippen molar-refractivity contribution >= 4 is 23.8 Å². The van der Waals surface area contributed by atoms with Crippen LogP contribution in [0.4, 0.5) is 11.8 Å². The molecule has 7 heteroatoms. The van der Waals surface area contributed by atoms with Crippen molar-refractivity contribution in [3.05, 3.63) is 17.3 Å². The maximum Gasteiger partial charge on any atom is 0.330 e. The van der Waals surface area contributed by atoms with Crippen LogP contribution in [-0.4, -0.2) is 41.8 Å². The molecule has 1 aromatic rings. The molecule has 0 bridgehead atoms. The van der Waals surface area contributed by atoms with Crippen LogP contribution in [0.3, 0.4) is 0 Å². The van der Waals surface area contributed by atoms with Gasteiger partial charge in [-0.1, -0.05) is 0 Å². The summed E-state index contributed by atoms with van der Waals surface area (Å²) in [6.45, 7) is 5.39. The lowest BCUT2D eigenvalue weighted by Crippen LogP contribution is -2.29. The summed E-state index contributed by atoms with van der Waals surface area (Å²) in [4.78, 5) is 19.9. The molecule has 2 heterocycles. The summed E-state index contributed by atoms with van der Waals surface area (Å²) >= 11 is 0. The zero-order chi connectivity index (χ0) is 15.9. The molecule has 1 fully saturated rings. The molecule has 2 rings (SSSR count). The lowest BCUT2D eigenvalue weighted by Gasteiger charge is -2.24. The number of nitrogens with zero attached hydrogens (tertiary/aromatic N) is 2. The summed E-state index contributed by atoms with van der Waals surface area (Å²) in [5, 5.41) is 3.37. The molecule has 1 saturated heterocycles. The minimum Gasteiger partial charge on any atom is -0.463 e. The van der Waals surface area contributed by atoms with Crippen LogP contribution < -0.4 is 11.1 Å². The van der Waals surface area contributed by atoms with Crippen molar-refractivity contribution in [3.8, 4) is 0 Å². The molecule has 1 aromatic heterocycles. The number of nitrogens with one attached hydrogen (secondary N) is 1. The van der Waals surface area contributed by atoms with E-state index in [4.69, 9.17) is 15.2 Å². The zero-order valence-electron chi connectivity index (χ0n) is 13.0. The second-order valence-corrected chi connectivity index (χ2v) is 5.05. The third kappa shape index (κ3) is 4.42. The number of rotatable bonds is 5. The number of nitrogen functional groups attached to an aromatic ring is 1. The fourth-order valence-corrected chi connectivity index (χ4v) is 2.29. The Hall–Kier alpha value is -2.15. The summed E-state index contributed by atoms with van der Waals surface area (Å²) < 4.78 is 10.2. The lowest BCUT2D eigenvalue weighted by molar-refractivity contribution is -0.137. The van der Waals surface area contributed by atoms with Crippen LogP contribution in [0, 0.1) is 6.92 Å². The maximum atomic E-state index is 11.5. The first kappa shape index (κ1) is 16.2. The first-order chi connectivity index (χ1) is 10.6. The van der Waals surface area contributed by atoms with Gasteiger partial charge in [0.05, 0.1) is 12.3 Å². The van der Waals surface area contributed by atoms with E-state index in [1.165, 1.54) is 6.08 Å². The molecule has 0 aliphatic carbocycles. The SMILES string of the molecule is CCOC(=O)C=Cc1c(C)nc(N)nc1NC1CCOCC1. The van der Waals surface area contributed by atoms with Crippen molar-refractivity contribution in [1.82, 2.24) is 9.97 Å². The third-order valence-electron chi connectivity index (χ3n) is 3.39. The predicted octanol–water partition coefficient (Wildman–Crippen LogP) is 1.53. The van der Waals surface area contributed by atoms with E-state index in [-0.39, 0.29) is 12.0 Å². The first-order valence-electron chi connectivity index (χ1n) is 7.43. The highest BCUT2D eigenvalue weighted by atomic mass is 16.5. The predicted molar refractivity (Wildman–Crippen MR) is 84.3 cm³/mol. The molecule has 0 unspecified atom stereocenters. The summed E-state index contributed by atoms with van der Waals surface area (Å²) in [5.74, 6) is 0.452. The Morgan fingerprint density at radius 2 is 2.18 bits per heavy atom. The molecule has 0 spiro atoms. The fourth-order valence-electron chi connectivity index (χ4n) is 2.29. The molecule has 0 amide bonds. The van der Waals surface area contributed by atoms with Gasteiger partial charge in [0.25, 0.3) is 0 Å². The number of hydrogen-bond acceptors (Lipinski definition) is 7. The number of aromatic nitrogens is 2. The molecule has 0 radical (unpaired) electrons. The highest BCUT2D eigenvalue weighted by molar-refractivity contribution is 5.88. The first-order valence-corrected chi connectivity index (χ1v) is 7.43. The quantitative estimate of drug-likeness (QED) is 0.628. The molecule has 7 nitrogen and oxygen atoms in total. The number of carbonyl (C=O) groups is 1. The Morgan fingerprint density at radius 1 is 1.45 bits per heavy atom. The van der Waals surface area contributed by atoms with Gasteiger partial charge >= 0.3 is 5.97 Å². The summed E-state index contributed by atoms with van der Waals surface area (Å²) in [6, 6.07) is 0.275. The third-order valence-corrected chi connectivity index (χ3v) is 3.39. The van der Waals surface area contributed by atoms with Gasteiger partial charge in [-0.3, -0.25) is 0 Å². The minimum atomic E-state index is -0.393. The minimum absolute atomic E-state index is 0.209. The van der Waals surface area contributed by atoms with E-state index < -0.39 is 5.97 Å². The zero-order valence-corrected chi connectivity index (χ0v) is 13.0. The van der Waals surface area contributed by atoms with Crippen LogP contribution in [0.15, 0.2) is 6.08 Å². The van der Waals surface area contributed by atoms with Gasteiger partial charge in [-0.2, -0.15) is 4.98 Å². The second kappa shape index (κ2) is 7.74. The molecule has 0 atom stereocenters. The molecule has 1 aliphatic rings. The van der Waals surface area contributed by atoms with Gasteiger partial charge in [0.2, 0.25) is 5.95 Å². The number of carbonyl (C=O) groups excluding carboxylic acids is 1. The van der Waals surface area contributed by atoms with Crippen molar-refractivity contribution in [1.29, 1.82) is 0 Å². The van der Waals surface area contributed by atoms with Gasteiger partial charge in [0.15, 0.2) is 0 Å². The Labute approximate surface area is 129 Å². The molecule has 0 aromatic carbocycles. The average molecular weight is 306 g/mol. The standard InChI is InChI=1S/C15H22N4O3/c1-3-22-13(20)5-4-12-10(2)17-15(16)19-14(12)18-11-6-8-21-9-7-11/h4-5,11H,3,6-9H2,1-2H3,(H3,16,17,18,19). The maximum absolute atomic E-state index is 11.5. The molecule has 22 heavy (non-hydrogen) atoms. The summed E-state index contributed by atoms with van der Waals surface area (Å²) in [6.07, 6.45) is 4.85. The topological polar surface area (TPSA) is 99.4 Å². The Kier molecular flexibility index (Phi) is 5.71. The number of anilines is 2. The number of nitrogens with two attached hydrogens (primary N) is 1. The van der Waals surface area contributed by atoms with Crippen LogP contribution in [-0.2, 0) is 14.3 Å². The normalized spacial score (nSPS) is 15.9. The van der Waals surface area contributed by atoms with Crippen LogP contribution >= 0.6 is 0 Å². The van der Waals surface area contributed by atoms with E-state index in [9.17, 15) is 4.79 Å². The molecular formula is C15H22N4O3. The number of hydrogen-bond donors (Lipinski definition) is 2. The van der Waals surface area contributed by atoms with E-state index in [0.717, 1.165) is 31.6 Å². The van der Waals surface area contributed by atoms with Gasteiger partial charge in [-0.25, -0.2) is 9.78 Å². The van der Waals surface area contributed by atoms with Gasteiger partial charge in [-0.15, -0.1) is 0 Å². The van der Waals surface area contributed by atoms with Crippen LogP contribution in [0.5, 0.6) is 0 Å². The molecule has 0 saturated carbocycles. The van der Waals surface area contributed by atoms with E-state index >= 15 is 0 Å². The van der Waals surface area contributed by atoms with Crippen molar-refractivity contribution in [2.24, 2.45) is 0 Å². The highest BCUT2D eigenvalue weighted by Gasteiger charge is 2.17. The Morgan fingerprint density at radius 3 is 2.86 bits per heavy atom. The van der Waals surface area contributed by atoms with E-state index in [0.29, 0.717) is 18.1 Å². The van der Waals surface area contributed by atoms with Gasteiger partial charge in [-0.05, 0) is 32.8 Å². The van der Waals surface area contributed by atoms with Crippen molar-refractivity contribution in [2.75, 3.05) is 30.9 Å². The Balaban J connectivity index is 2.21. The molecule has 1 aliphatic heterocycles. The number of aryl methyl sites for hydroxylation is 1. The molecule has 120 valence electrons. The average Bonchev–Trinajstić information content (AvgIpc) is 2.47. The van der Waals surface area contributed by atoms with Crippen LogP contribution in [0.25, 0.3) is 6.08 Å². The van der Waals surface area contributed by atoms with Crippen molar-refractivity contribution in [2.45, 2.75) is 32.7 Å². The van der Waals surface area contributed by atoms with E-state index in [2.05, 4.69) is 15.3 Å². The van der Waals surface area contributed by atoms with Gasteiger partial charge in [0.1, 0.15) is 5.82 Å². The number of ether oxygens (including phenoxy) is 2. The van der Waals surface area contributed by atoms with E-state index in [1.807, 2.05) is 6.92 Å². The Bertz CT molecular complexity index is 554. The van der Waals surface area contributed by atoms with Gasteiger partial charge in [0, 0.05) is 30.9 Å². The van der Waals surface area contributed by atoms with Crippen LogP contribution in [0.2, 0.25) is 0 Å². The van der Waals surface area contributed by atoms with E-state index in [1.54, 1.807) is 13.0 Å². The highest BCUT2D eigenvalue weighted by Crippen LogP contribution is 2.22. The summed E-state index contributed by atoms with van der Waals surface area (Å²) in [7, 11) is 0. The number of esters is 1. The largest absolute Gasteiger partial charge is 0.463 e. The smallest absolute Gasteiger partial charge is 0.330 e. The van der Waals surface area contributed by atoms with Crippen molar-refractivity contribution in [3.63, 3.8) is 0 Å². The fraction of sp³-hybridized carbons (Fsp3) is 0.533. The summed E-state index contributed by atoms with van der Waals surface area (Å²) in [5.41, 5.74) is 7.19. The molecule has 3 N–H and O–H groups in total.